The molecule has 2 aliphatic carbocycles. The van der Waals surface area contributed by atoms with Crippen LogP contribution in [0.3, 0.4) is 0 Å². The molecule has 6 heteroatoms. The van der Waals surface area contributed by atoms with Gasteiger partial charge in [0.15, 0.2) is 0 Å². The Morgan fingerprint density at radius 2 is 2.05 bits per heavy atom. The van der Waals surface area contributed by atoms with Crippen molar-refractivity contribution in [3.05, 3.63) is 18.0 Å². The molecular weight excluding hydrogens is 296 g/mol. The third-order valence-electron chi connectivity index (χ3n) is 3.99. The minimum Gasteiger partial charge on any atom is -0.346 e. The van der Waals surface area contributed by atoms with Gasteiger partial charge in [-0.2, -0.15) is 4.31 Å². The van der Waals surface area contributed by atoms with Gasteiger partial charge in [-0.1, -0.05) is 6.92 Å². The van der Waals surface area contributed by atoms with Gasteiger partial charge in [-0.25, -0.2) is 8.42 Å². The van der Waals surface area contributed by atoms with Crippen molar-refractivity contribution < 1.29 is 8.42 Å². The molecule has 2 aliphatic rings. The quantitative estimate of drug-likeness (QED) is 0.725. The van der Waals surface area contributed by atoms with Crippen LogP contribution in [0, 0.1) is 0 Å². The van der Waals surface area contributed by atoms with E-state index in [1.807, 2.05) is 6.92 Å². The zero-order chi connectivity index (χ0) is 14.3. The molecular formula is C14H21ClN2O2S. The van der Waals surface area contributed by atoms with Crippen molar-refractivity contribution in [2.45, 2.75) is 61.9 Å². The van der Waals surface area contributed by atoms with E-state index in [4.69, 9.17) is 11.6 Å². The second-order valence-corrected chi connectivity index (χ2v) is 7.94. The number of rotatable bonds is 7. The molecule has 0 unspecified atom stereocenters. The van der Waals surface area contributed by atoms with Gasteiger partial charge in [0.2, 0.25) is 10.0 Å². The summed E-state index contributed by atoms with van der Waals surface area (Å²) in [6.07, 6.45) is 6.87. The average molecular weight is 317 g/mol. The number of sulfonamides is 1. The first-order chi connectivity index (χ1) is 9.57. The number of alkyl halides is 1. The van der Waals surface area contributed by atoms with Gasteiger partial charge in [0.05, 0.1) is 5.88 Å². The molecule has 0 radical (unpaired) electrons. The number of aromatic nitrogens is 1. The molecule has 20 heavy (non-hydrogen) atoms. The Morgan fingerprint density at radius 1 is 1.35 bits per heavy atom. The summed E-state index contributed by atoms with van der Waals surface area (Å²) in [5, 5.41) is 0. The van der Waals surface area contributed by atoms with Crippen molar-refractivity contribution in [1.29, 1.82) is 0 Å². The zero-order valence-corrected chi connectivity index (χ0v) is 13.3. The van der Waals surface area contributed by atoms with Crippen LogP contribution in [0.25, 0.3) is 0 Å². The fraction of sp³-hybridized carbons (Fsp3) is 0.714. The molecule has 3 rings (SSSR count). The summed E-state index contributed by atoms with van der Waals surface area (Å²) in [6, 6.07) is 2.42. The smallest absolute Gasteiger partial charge is 0.244 e. The normalized spacial score (nSPS) is 19.8. The summed E-state index contributed by atoms with van der Waals surface area (Å²) >= 11 is 5.95. The Balaban J connectivity index is 1.93. The minimum absolute atomic E-state index is 0.212. The van der Waals surface area contributed by atoms with Gasteiger partial charge in [0, 0.05) is 30.5 Å². The van der Waals surface area contributed by atoms with Crippen LogP contribution in [-0.4, -0.2) is 29.9 Å². The van der Waals surface area contributed by atoms with Crippen LogP contribution in [0.1, 0.15) is 50.8 Å². The maximum Gasteiger partial charge on any atom is 0.244 e. The second kappa shape index (κ2) is 5.35. The third kappa shape index (κ3) is 2.63. The van der Waals surface area contributed by atoms with E-state index in [2.05, 4.69) is 4.57 Å². The summed E-state index contributed by atoms with van der Waals surface area (Å²) in [6.45, 7) is 2.63. The molecule has 2 saturated carbocycles. The first-order valence-corrected chi connectivity index (χ1v) is 9.34. The molecule has 2 fully saturated rings. The van der Waals surface area contributed by atoms with Crippen molar-refractivity contribution in [3.8, 4) is 0 Å². The Morgan fingerprint density at radius 3 is 2.55 bits per heavy atom. The Labute approximate surface area is 125 Å². The average Bonchev–Trinajstić information content (AvgIpc) is 3.33. The molecule has 0 bridgehead atoms. The monoisotopic (exact) mass is 316 g/mol. The topological polar surface area (TPSA) is 42.3 Å². The lowest BCUT2D eigenvalue weighted by atomic mass is 10.5. The van der Waals surface area contributed by atoms with E-state index < -0.39 is 10.0 Å². The summed E-state index contributed by atoms with van der Waals surface area (Å²) < 4.78 is 29.3. The van der Waals surface area contributed by atoms with Gasteiger partial charge in [0.25, 0.3) is 0 Å². The van der Waals surface area contributed by atoms with Crippen molar-refractivity contribution in [2.75, 3.05) is 6.54 Å². The molecule has 0 N–H and O–H groups in total. The predicted molar refractivity (Wildman–Crippen MR) is 79.5 cm³/mol. The standard InChI is InChI=1S/C14H21ClN2O2S/c1-2-7-17(12-5-6-12)20(18,19)14-8-13(9-15)16(10-14)11-3-4-11/h8,10-12H,2-7,9H2,1H3. The maximum atomic E-state index is 12.8. The second-order valence-electron chi connectivity index (χ2n) is 5.79. The van der Waals surface area contributed by atoms with Gasteiger partial charge >= 0.3 is 0 Å². The lowest BCUT2D eigenvalue weighted by Gasteiger charge is -2.20. The Kier molecular flexibility index (Phi) is 3.86. The largest absolute Gasteiger partial charge is 0.346 e. The van der Waals surface area contributed by atoms with Crippen molar-refractivity contribution in [2.24, 2.45) is 0 Å². The molecule has 0 atom stereocenters. The van der Waals surface area contributed by atoms with E-state index >= 15 is 0 Å². The number of hydrogen-bond donors (Lipinski definition) is 0. The van der Waals surface area contributed by atoms with Crippen LogP contribution in [-0.2, 0) is 15.9 Å². The summed E-state index contributed by atoms with van der Waals surface area (Å²) in [5.41, 5.74) is 0.917. The minimum atomic E-state index is -3.36. The van der Waals surface area contributed by atoms with Crippen LogP contribution in [0.15, 0.2) is 17.2 Å². The fourth-order valence-electron chi connectivity index (χ4n) is 2.65. The molecule has 1 aromatic heterocycles. The van der Waals surface area contributed by atoms with Crippen molar-refractivity contribution in [1.82, 2.24) is 8.87 Å². The zero-order valence-electron chi connectivity index (χ0n) is 11.8. The summed E-state index contributed by atoms with van der Waals surface area (Å²) in [4.78, 5) is 0.417. The molecule has 0 saturated heterocycles. The number of hydrogen-bond acceptors (Lipinski definition) is 2. The Bertz CT molecular complexity index is 588. The van der Waals surface area contributed by atoms with E-state index in [0.29, 0.717) is 23.4 Å². The third-order valence-corrected chi connectivity index (χ3v) is 6.18. The van der Waals surface area contributed by atoms with Crippen LogP contribution in [0.4, 0.5) is 0 Å². The van der Waals surface area contributed by atoms with Gasteiger partial charge < -0.3 is 4.57 Å². The molecule has 0 amide bonds. The highest BCUT2D eigenvalue weighted by Crippen LogP contribution is 2.39. The van der Waals surface area contributed by atoms with Gasteiger partial charge in [0.1, 0.15) is 4.90 Å². The van der Waals surface area contributed by atoms with Gasteiger partial charge in [-0.05, 0) is 38.2 Å². The van der Waals surface area contributed by atoms with Gasteiger partial charge in [-0.15, -0.1) is 11.6 Å². The molecule has 1 heterocycles. The van der Waals surface area contributed by atoms with Crippen LogP contribution >= 0.6 is 11.6 Å². The number of halogens is 1. The van der Waals surface area contributed by atoms with Crippen LogP contribution in [0.5, 0.6) is 0 Å². The lowest BCUT2D eigenvalue weighted by Crippen LogP contribution is -2.33. The molecule has 0 spiro atoms. The van der Waals surface area contributed by atoms with Gasteiger partial charge in [-0.3, -0.25) is 0 Å². The maximum absolute atomic E-state index is 12.8. The Hall–Kier alpha value is -0.520. The molecule has 0 aromatic carbocycles. The fourth-order valence-corrected chi connectivity index (χ4v) is 4.70. The highest BCUT2D eigenvalue weighted by molar-refractivity contribution is 7.89. The summed E-state index contributed by atoms with van der Waals surface area (Å²) in [7, 11) is -3.36. The highest BCUT2D eigenvalue weighted by atomic mass is 35.5. The summed E-state index contributed by atoms with van der Waals surface area (Å²) in [5.74, 6) is 0.364. The van der Waals surface area contributed by atoms with Crippen LogP contribution in [0.2, 0.25) is 0 Å². The molecule has 4 nitrogen and oxygen atoms in total. The first kappa shape index (κ1) is 14.4. The molecule has 1 aromatic rings. The van der Waals surface area contributed by atoms with E-state index in [1.165, 1.54) is 0 Å². The SMILES string of the molecule is CCCN(C1CC1)S(=O)(=O)c1cc(CCl)n(C2CC2)c1. The predicted octanol–water partition coefficient (Wildman–Crippen LogP) is 3.12. The number of nitrogens with zero attached hydrogens (tertiary/aromatic N) is 2. The van der Waals surface area contributed by atoms with E-state index in [9.17, 15) is 8.42 Å². The van der Waals surface area contributed by atoms with Crippen molar-refractivity contribution >= 4 is 21.6 Å². The van der Waals surface area contributed by atoms with E-state index in [1.54, 1.807) is 16.6 Å². The molecule has 0 aliphatic heterocycles. The highest BCUT2D eigenvalue weighted by Gasteiger charge is 2.38. The molecule has 112 valence electrons. The van der Waals surface area contributed by atoms with Crippen LogP contribution < -0.4 is 0 Å². The first-order valence-electron chi connectivity index (χ1n) is 7.36. The van der Waals surface area contributed by atoms with E-state index in [0.717, 1.165) is 37.8 Å². The lowest BCUT2D eigenvalue weighted by molar-refractivity contribution is 0.403. The van der Waals surface area contributed by atoms with Crippen molar-refractivity contribution in [3.63, 3.8) is 0 Å². The van der Waals surface area contributed by atoms with E-state index in [-0.39, 0.29) is 6.04 Å².